The van der Waals surface area contributed by atoms with E-state index in [9.17, 15) is 0 Å². The fraction of sp³-hybridized carbons (Fsp3) is 0.188. The van der Waals surface area contributed by atoms with Crippen molar-refractivity contribution in [2.24, 2.45) is 10.9 Å². The number of nitrogens with one attached hydrogen (secondary N) is 1. The van der Waals surface area contributed by atoms with Crippen molar-refractivity contribution in [1.82, 2.24) is 0 Å². The summed E-state index contributed by atoms with van der Waals surface area (Å²) >= 11 is 3.49. The molecule has 0 spiro atoms. The second-order valence-corrected chi connectivity index (χ2v) is 5.57. The van der Waals surface area contributed by atoms with E-state index in [1.807, 2.05) is 30.3 Å². The van der Waals surface area contributed by atoms with Crippen LogP contribution in [-0.2, 0) is 13.0 Å². The second-order valence-electron chi connectivity index (χ2n) is 4.65. The molecule has 2 rings (SSSR count). The van der Waals surface area contributed by atoms with Crippen molar-refractivity contribution in [1.29, 1.82) is 0 Å². The summed E-state index contributed by atoms with van der Waals surface area (Å²) in [6, 6.07) is 13.8. The van der Waals surface area contributed by atoms with Gasteiger partial charge in [-0.15, -0.1) is 0 Å². The van der Waals surface area contributed by atoms with Gasteiger partial charge in [0, 0.05) is 22.3 Å². The van der Waals surface area contributed by atoms with Gasteiger partial charge in [-0.1, -0.05) is 52.3 Å². The minimum Gasteiger partial charge on any atom is -0.409 e. The van der Waals surface area contributed by atoms with Crippen LogP contribution < -0.4 is 11.1 Å². The lowest BCUT2D eigenvalue weighted by molar-refractivity contribution is 0.318. The van der Waals surface area contributed by atoms with Crippen LogP contribution in [0.2, 0.25) is 0 Å². The highest BCUT2D eigenvalue weighted by Gasteiger charge is 2.07. The summed E-state index contributed by atoms with van der Waals surface area (Å²) in [6.07, 6.45) is 0.948. The van der Waals surface area contributed by atoms with Crippen molar-refractivity contribution in [2.75, 3.05) is 5.32 Å². The van der Waals surface area contributed by atoms with Gasteiger partial charge in [0.05, 0.1) is 0 Å². The topological polar surface area (TPSA) is 70.6 Å². The number of nitrogens with two attached hydrogens (primary N) is 1. The predicted octanol–water partition coefficient (Wildman–Crippen LogP) is 3.72. The SMILES string of the molecule is CCc1cc(Br)ccc1NCc1ccccc1/C(N)=N/O. The lowest BCUT2D eigenvalue weighted by Crippen LogP contribution is -2.17. The monoisotopic (exact) mass is 347 g/mol. The molecule has 2 aromatic carbocycles. The molecule has 0 fully saturated rings. The first kappa shape index (κ1) is 15.4. The zero-order valence-corrected chi connectivity index (χ0v) is 13.4. The predicted molar refractivity (Wildman–Crippen MR) is 89.8 cm³/mol. The lowest BCUT2D eigenvalue weighted by atomic mass is 10.1. The Morgan fingerprint density at radius 1 is 1.24 bits per heavy atom. The molecular weight excluding hydrogens is 330 g/mol. The number of oxime groups is 1. The van der Waals surface area contributed by atoms with Gasteiger partial charge >= 0.3 is 0 Å². The van der Waals surface area contributed by atoms with Crippen molar-refractivity contribution in [2.45, 2.75) is 19.9 Å². The van der Waals surface area contributed by atoms with Crippen LogP contribution >= 0.6 is 15.9 Å². The van der Waals surface area contributed by atoms with E-state index in [0.29, 0.717) is 6.54 Å². The quantitative estimate of drug-likeness (QED) is 0.334. The van der Waals surface area contributed by atoms with E-state index in [4.69, 9.17) is 10.9 Å². The van der Waals surface area contributed by atoms with E-state index in [1.54, 1.807) is 0 Å². The number of nitrogens with zero attached hydrogens (tertiary/aromatic N) is 1. The highest BCUT2D eigenvalue weighted by molar-refractivity contribution is 9.10. The van der Waals surface area contributed by atoms with Crippen LogP contribution in [0.25, 0.3) is 0 Å². The molecule has 0 aliphatic rings. The fourth-order valence-electron chi connectivity index (χ4n) is 2.20. The summed E-state index contributed by atoms with van der Waals surface area (Å²) in [5.41, 5.74) is 9.76. The molecule has 0 aliphatic heterocycles. The summed E-state index contributed by atoms with van der Waals surface area (Å²) < 4.78 is 1.07. The lowest BCUT2D eigenvalue weighted by Gasteiger charge is -2.13. The maximum atomic E-state index is 8.85. The zero-order chi connectivity index (χ0) is 15.2. The number of benzene rings is 2. The minimum atomic E-state index is 0.124. The molecule has 110 valence electrons. The maximum absolute atomic E-state index is 8.85. The minimum absolute atomic E-state index is 0.124. The van der Waals surface area contributed by atoms with Gasteiger partial charge in [-0.2, -0.15) is 0 Å². The number of amidine groups is 1. The summed E-state index contributed by atoms with van der Waals surface area (Å²) in [5.74, 6) is 0.124. The number of hydrogen-bond acceptors (Lipinski definition) is 3. The molecule has 0 aliphatic carbocycles. The summed E-state index contributed by atoms with van der Waals surface area (Å²) in [4.78, 5) is 0. The summed E-state index contributed by atoms with van der Waals surface area (Å²) in [7, 11) is 0. The summed E-state index contributed by atoms with van der Waals surface area (Å²) in [6.45, 7) is 2.73. The van der Waals surface area contributed by atoms with Crippen molar-refractivity contribution in [3.8, 4) is 0 Å². The number of anilines is 1. The molecule has 0 atom stereocenters. The van der Waals surface area contributed by atoms with Crippen molar-refractivity contribution in [3.05, 3.63) is 63.6 Å². The van der Waals surface area contributed by atoms with Crippen LogP contribution in [0.3, 0.4) is 0 Å². The van der Waals surface area contributed by atoms with Gasteiger partial charge in [-0.3, -0.25) is 0 Å². The highest BCUT2D eigenvalue weighted by Crippen LogP contribution is 2.22. The molecular formula is C16H18BrN3O. The van der Waals surface area contributed by atoms with E-state index in [0.717, 1.165) is 27.7 Å². The molecule has 0 amide bonds. The van der Waals surface area contributed by atoms with Crippen molar-refractivity contribution in [3.63, 3.8) is 0 Å². The van der Waals surface area contributed by atoms with Crippen molar-refractivity contribution >= 4 is 27.5 Å². The van der Waals surface area contributed by atoms with E-state index in [1.165, 1.54) is 5.56 Å². The molecule has 4 nitrogen and oxygen atoms in total. The molecule has 0 saturated heterocycles. The number of hydrogen-bond donors (Lipinski definition) is 3. The molecule has 0 bridgehead atoms. The maximum Gasteiger partial charge on any atom is 0.170 e. The smallest absolute Gasteiger partial charge is 0.170 e. The second kappa shape index (κ2) is 7.13. The molecule has 5 heteroatoms. The Balaban J connectivity index is 2.21. The van der Waals surface area contributed by atoms with Gasteiger partial charge in [0.1, 0.15) is 0 Å². The molecule has 0 saturated carbocycles. The first-order valence-corrected chi connectivity index (χ1v) is 7.53. The fourth-order valence-corrected chi connectivity index (χ4v) is 2.60. The molecule has 21 heavy (non-hydrogen) atoms. The highest BCUT2D eigenvalue weighted by atomic mass is 79.9. The Morgan fingerprint density at radius 2 is 2.00 bits per heavy atom. The third-order valence-electron chi connectivity index (χ3n) is 3.32. The van der Waals surface area contributed by atoms with Crippen LogP contribution in [0.5, 0.6) is 0 Å². The van der Waals surface area contributed by atoms with Crippen LogP contribution in [0.15, 0.2) is 52.1 Å². The molecule has 2 aromatic rings. The van der Waals surface area contributed by atoms with Crippen molar-refractivity contribution < 1.29 is 5.21 Å². The summed E-state index contributed by atoms with van der Waals surface area (Å²) in [5, 5.41) is 15.3. The van der Waals surface area contributed by atoms with E-state index >= 15 is 0 Å². The van der Waals surface area contributed by atoms with E-state index in [2.05, 4.69) is 45.5 Å². The Bertz CT molecular complexity index is 656. The largest absolute Gasteiger partial charge is 0.409 e. The van der Waals surface area contributed by atoms with Crippen LogP contribution in [0.1, 0.15) is 23.6 Å². The standard InChI is InChI=1S/C16H18BrN3O/c1-2-11-9-13(17)7-8-15(11)19-10-12-5-3-4-6-14(12)16(18)20-21/h3-9,19,21H,2,10H2,1H3,(H2,18,20). The molecule has 0 unspecified atom stereocenters. The van der Waals surface area contributed by atoms with Crippen LogP contribution in [0.4, 0.5) is 5.69 Å². The van der Waals surface area contributed by atoms with Gasteiger partial charge in [-0.05, 0) is 35.7 Å². The normalized spacial score (nSPS) is 11.4. The Kier molecular flexibility index (Phi) is 5.22. The van der Waals surface area contributed by atoms with Crippen LogP contribution in [-0.4, -0.2) is 11.0 Å². The third kappa shape index (κ3) is 3.76. The Morgan fingerprint density at radius 3 is 2.71 bits per heavy atom. The Labute approximate surface area is 132 Å². The van der Waals surface area contributed by atoms with E-state index in [-0.39, 0.29) is 5.84 Å². The van der Waals surface area contributed by atoms with Gasteiger partial charge < -0.3 is 16.3 Å². The molecule has 0 radical (unpaired) electrons. The van der Waals surface area contributed by atoms with Gasteiger partial charge in [0.25, 0.3) is 0 Å². The average molecular weight is 348 g/mol. The average Bonchev–Trinajstić information content (AvgIpc) is 2.53. The third-order valence-corrected chi connectivity index (χ3v) is 3.81. The first-order valence-electron chi connectivity index (χ1n) is 6.73. The number of halogens is 1. The van der Waals surface area contributed by atoms with Gasteiger partial charge in [0.2, 0.25) is 0 Å². The van der Waals surface area contributed by atoms with E-state index < -0.39 is 0 Å². The first-order chi connectivity index (χ1) is 10.2. The van der Waals surface area contributed by atoms with Gasteiger partial charge in [0.15, 0.2) is 5.84 Å². The number of rotatable bonds is 5. The Hall–Kier alpha value is -2.01. The molecule has 4 N–H and O–H groups in total. The van der Waals surface area contributed by atoms with Gasteiger partial charge in [-0.25, -0.2) is 0 Å². The molecule has 0 aromatic heterocycles. The molecule has 0 heterocycles. The number of aryl methyl sites for hydroxylation is 1. The zero-order valence-electron chi connectivity index (χ0n) is 11.8. The van der Waals surface area contributed by atoms with Crippen LogP contribution in [0, 0.1) is 0 Å².